The summed E-state index contributed by atoms with van der Waals surface area (Å²) in [7, 11) is 0. The SMILES string of the molecule is CC(=O)Nc1cccc(-c2ccc3ncc(N4CCCCC4)nc3c2)c1.CC(C)Oc1ccc(-c2ccc3ncc(N4CCCCC4)nc3c2)cc1.Fc1cccc(F)c1-c1ccc2ncc(N3CCCCC3)nc2c1. The molecule has 76 heavy (non-hydrogen) atoms. The lowest BCUT2D eigenvalue weighted by atomic mass is 10.0. The van der Waals surface area contributed by atoms with E-state index in [1.165, 1.54) is 70.1 Å². The number of benzene rings is 6. The average molecular weight is 1020 g/mol. The average Bonchev–Trinajstić information content (AvgIpc) is 3.45. The summed E-state index contributed by atoms with van der Waals surface area (Å²) in [5.74, 6) is 2.46. The Bertz CT molecular complexity index is 3430. The van der Waals surface area contributed by atoms with Gasteiger partial charge in [0.15, 0.2) is 0 Å². The van der Waals surface area contributed by atoms with Crippen LogP contribution in [0.4, 0.5) is 31.9 Å². The lowest BCUT2D eigenvalue weighted by Crippen LogP contribution is -2.30. The Morgan fingerprint density at radius 3 is 1.32 bits per heavy atom. The molecule has 0 spiro atoms. The number of anilines is 4. The molecule has 3 aliphatic heterocycles. The van der Waals surface area contributed by atoms with Crippen LogP contribution in [0.25, 0.3) is 66.5 Å². The Hall–Kier alpha value is -8.13. The van der Waals surface area contributed by atoms with Gasteiger partial charge in [-0.1, -0.05) is 48.5 Å². The quantitative estimate of drug-likeness (QED) is 0.149. The van der Waals surface area contributed by atoms with E-state index in [-0.39, 0.29) is 17.6 Å². The van der Waals surface area contributed by atoms with E-state index in [0.29, 0.717) is 11.1 Å². The van der Waals surface area contributed by atoms with Gasteiger partial charge >= 0.3 is 0 Å². The molecule has 3 fully saturated rings. The Morgan fingerprint density at radius 1 is 0.474 bits per heavy atom. The van der Waals surface area contributed by atoms with Crippen LogP contribution in [0.2, 0.25) is 0 Å². The van der Waals surface area contributed by atoms with Gasteiger partial charge < -0.3 is 24.8 Å². The molecule has 3 saturated heterocycles. The molecular weight excluding hydrogens is 955 g/mol. The van der Waals surface area contributed by atoms with Crippen molar-refractivity contribution in [3.05, 3.63) is 152 Å². The van der Waals surface area contributed by atoms with Gasteiger partial charge in [-0.25, -0.2) is 23.7 Å². The van der Waals surface area contributed by atoms with Crippen LogP contribution in [0.15, 0.2) is 140 Å². The van der Waals surface area contributed by atoms with E-state index in [4.69, 9.17) is 14.7 Å². The van der Waals surface area contributed by atoms with Crippen molar-refractivity contribution >= 4 is 62.1 Å². The molecule has 3 aliphatic rings. The zero-order chi connectivity index (χ0) is 52.4. The van der Waals surface area contributed by atoms with E-state index < -0.39 is 11.6 Å². The number of piperidine rings is 3. The van der Waals surface area contributed by atoms with Crippen LogP contribution in [0.3, 0.4) is 0 Å². The molecule has 14 heteroatoms. The van der Waals surface area contributed by atoms with Crippen LogP contribution in [0, 0.1) is 11.6 Å². The topological polar surface area (TPSA) is 125 Å². The number of nitrogens with zero attached hydrogens (tertiary/aromatic N) is 9. The monoisotopic (exact) mass is 1020 g/mol. The Labute approximate surface area is 443 Å². The fourth-order valence-electron chi connectivity index (χ4n) is 10.1. The van der Waals surface area contributed by atoms with Gasteiger partial charge in [0.2, 0.25) is 5.91 Å². The minimum atomic E-state index is -0.575. The second kappa shape index (κ2) is 24.0. The zero-order valence-corrected chi connectivity index (χ0v) is 43.6. The van der Waals surface area contributed by atoms with Crippen molar-refractivity contribution in [2.75, 3.05) is 59.3 Å². The highest BCUT2D eigenvalue weighted by molar-refractivity contribution is 5.90. The zero-order valence-electron chi connectivity index (χ0n) is 43.6. The van der Waals surface area contributed by atoms with E-state index in [9.17, 15) is 13.6 Å². The molecule has 0 atom stereocenters. The number of halogens is 2. The van der Waals surface area contributed by atoms with Crippen LogP contribution in [-0.2, 0) is 4.79 Å². The minimum Gasteiger partial charge on any atom is -0.491 e. The molecule has 3 aromatic heterocycles. The van der Waals surface area contributed by atoms with Gasteiger partial charge in [0.1, 0.15) is 34.8 Å². The fraction of sp³-hybridized carbons (Fsp3) is 0.306. The van der Waals surface area contributed by atoms with Gasteiger partial charge in [-0.15, -0.1) is 0 Å². The van der Waals surface area contributed by atoms with Crippen molar-refractivity contribution < 1.29 is 18.3 Å². The molecule has 12 rings (SSSR count). The first kappa shape index (κ1) is 51.4. The highest BCUT2D eigenvalue weighted by Gasteiger charge is 2.18. The molecule has 388 valence electrons. The summed E-state index contributed by atoms with van der Waals surface area (Å²) in [5.41, 5.74) is 10.7. The highest BCUT2D eigenvalue weighted by Crippen LogP contribution is 2.31. The molecule has 6 heterocycles. The maximum Gasteiger partial charge on any atom is 0.221 e. The van der Waals surface area contributed by atoms with Gasteiger partial charge in [-0.2, -0.15) is 0 Å². The summed E-state index contributed by atoms with van der Waals surface area (Å²) in [6.07, 6.45) is 16.8. The van der Waals surface area contributed by atoms with Crippen LogP contribution >= 0.6 is 0 Å². The lowest BCUT2D eigenvalue weighted by molar-refractivity contribution is -0.114. The molecule has 12 nitrogen and oxygen atoms in total. The van der Waals surface area contributed by atoms with Crippen molar-refractivity contribution in [1.29, 1.82) is 0 Å². The number of fused-ring (bicyclic) bond motifs is 3. The molecule has 6 aromatic carbocycles. The number of nitrogens with one attached hydrogen (secondary N) is 1. The summed E-state index contributed by atoms with van der Waals surface area (Å²) in [6, 6.07) is 37.5. The maximum absolute atomic E-state index is 14.0. The number of carbonyl (C=O) groups is 1. The molecule has 0 unspecified atom stereocenters. The van der Waals surface area contributed by atoms with Gasteiger partial charge in [0.05, 0.1) is 63.4 Å². The van der Waals surface area contributed by atoms with Crippen molar-refractivity contribution in [3.63, 3.8) is 0 Å². The van der Waals surface area contributed by atoms with Gasteiger partial charge in [-0.3, -0.25) is 19.7 Å². The normalized spacial score (nSPS) is 14.7. The number of amides is 1. The van der Waals surface area contributed by atoms with E-state index in [0.717, 1.165) is 131 Å². The first-order valence-electron chi connectivity index (χ1n) is 26.7. The number of carbonyl (C=O) groups excluding carboxylic acids is 1. The lowest BCUT2D eigenvalue weighted by Gasteiger charge is -2.27. The number of ether oxygens (including phenoxy) is 1. The van der Waals surface area contributed by atoms with Crippen LogP contribution < -0.4 is 24.8 Å². The maximum atomic E-state index is 14.0. The number of rotatable bonds is 9. The first-order valence-corrected chi connectivity index (χ1v) is 26.7. The van der Waals surface area contributed by atoms with Crippen LogP contribution in [-0.4, -0.2) is 81.2 Å². The van der Waals surface area contributed by atoms with Crippen LogP contribution in [0.1, 0.15) is 78.6 Å². The fourth-order valence-corrected chi connectivity index (χ4v) is 10.1. The third kappa shape index (κ3) is 12.7. The van der Waals surface area contributed by atoms with Crippen molar-refractivity contribution in [2.45, 2.75) is 84.7 Å². The highest BCUT2D eigenvalue weighted by atomic mass is 19.1. The largest absolute Gasteiger partial charge is 0.491 e. The number of hydrogen-bond acceptors (Lipinski definition) is 11. The van der Waals surface area contributed by atoms with E-state index in [1.54, 1.807) is 24.4 Å². The number of hydrogen-bond donors (Lipinski definition) is 1. The Morgan fingerprint density at radius 2 is 0.868 bits per heavy atom. The second-order valence-corrected chi connectivity index (χ2v) is 20.0. The smallest absolute Gasteiger partial charge is 0.221 e. The summed E-state index contributed by atoms with van der Waals surface area (Å²) in [6.45, 7) is 11.8. The first-order chi connectivity index (χ1) is 37.1. The third-order valence-electron chi connectivity index (χ3n) is 14.0. The van der Waals surface area contributed by atoms with E-state index in [2.05, 4.69) is 76.4 Å². The summed E-state index contributed by atoms with van der Waals surface area (Å²) < 4.78 is 33.8. The van der Waals surface area contributed by atoms with Gasteiger partial charge in [0, 0.05) is 51.9 Å². The van der Waals surface area contributed by atoms with Gasteiger partial charge in [-0.05, 0) is 172 Å². The molecule has 0 aliphatic carbocycles. The third-order valence-corrected chi connectivity index (χ3v) is 14.0. The molecule has 1 amide bonds. The van der Waals surface area contributed by atoms with Crippen molar-refractivity contribution in [1.82, 2.24) is 29.9 Å². The molecular formula is C62H64F2N10O2. The Kier molecular flexibility index (Phi) is 16.2. The van der Waals surface area contributed by atoms with Gasteiger partial charge in [0.25, 0.3) is 0 Å². The Balaban J connectivity index is 0.000000130. The summed E-state index contributed by atoms with van der Waals surface area (Å²) >= 11 is 0. The van der Waals surface area contributed by atoms with Crippen molar-refractivity contribution in [3.8, 4) is 39.1 Å². The minimum absolute atomic E-state index is 0.0235. The summed E-state index contributed by atoms with van der Waals surface area (Å²) in [5, 5.41) is 2.83. The molecule has 1 N–H and O–H groups in total. The molecule has 9 aromatic rings. The van der Waals surface area contributed by atoms with Crippen molar-refractivity contribution in [2.24, 2.45) is 0 Å². The van der Waals surface area contributed by atoms with E-state index in [1.807, 2.05) is 74.8 Å². The molecule has 0 radical (unpaired) electrons. The predicted octanol–water partition coefficient (Wildman–Crippen LogP) is 13.9. The number of aromatic nitrogens is 6. The molecule has 0 bridgehead atoms. The second-order valence-electron chi connectivity index (χ2n) is 20.0. The van der Waals surface area contributed by atoms with Crippen LogP contribution in [0.5, 0.6) is 5.75 Å². The summed E-state index contributed by atoms with van der Waals surface area (Å²) in [4.78, 5) is 46.2. The standard InChI is InChI=1S/C22H25N3O.C21H22N4O.C19H17F2N3/c1-16(2)26-19-9-6-17(7-10-19)18-8-11-20-21(14-18)24-22(15-23-20)25-12-4-3-5-13-25;1-15(26)23-18-7-5-6-16(12-18)17-8-9-19-20(13-17)24-21(14-22-19)25-10-3-2-4-11-25;20-14-5-4-6-15(21)19(14)13-7-8-16-17(11-13)23-18(12-22-16)24-9-2-1-3-10-24/h6-11,14-16H,3-5,12-13H2,1-2H3;5-9,12-14H,2-4,10-11H2,1H3,(H,23,26);4-8,11-12H,1-3,9-10H2. The molecule has 0 saturated carbocycles. The predicted molar refractivity (Wildman–Crippen MR) is 303 cm³/mol. The van der Waals surface area contributed by atoms with E-state index >= 15 is 0 Å².